The number of anilines is 6. The molecule has 0 saturated carbocycles. The highest BCUT2D eigenvalue weighted by molar-refractivity contribution is 7.00. The zero-order chi connectivity index (χ0) is 77.2. The van der Waals surface area contributed by atoms with Gasteiger partial charge in [-0.15, -0.1) is 0 Å². The molecule has 0 saturated heterocycles. The number of fused-ring (bicyclic) bond motifs is 10. The Hall–Kier alpha value is -11.5. The summed E-state index contributed by atoms with van der Waals surface area (Å²) in [5, 5.41) is 2.53. The molecule has 15 aromatic rings. The van der Waals surface area contributed by atoms with E-state index in [0.29, 0.717) is 0 Å². The molecule has 0 atom stereocenters. The monoisotopic (exact) mass is 1440 g/mol. The summed E-state index contributed by atoms with van der Waals surface area (Å²) in [5.41, 5.74) is 39.1. The maximum Gasteiger partial charge on any atom is 0.252 e. The fourth-order valence-corrected chi connectivity index (χ4v) is 18.2. The Morgan fingerprint density at radius 1 is 0.261 bits per heavy atom. The lowest BCUT2D eigenvalue weighted by molar-refractivity contribution is 0.569. The van der Waals surface area contributed by atoms with E-state index in [4.69, 9.17) is 0 Å². The lowest BCUT2D eigenvalue weighted by atomic mass is 9.33. The second-order valence-corrected chi connectivity index (χ2v) is 37.4. The summed E-state index contributed by atoms with van der Waals surface area (Å²) < 4.78 is 2.58. The minimum Gasteiger partial charge on any atom is -0.311 e. The first-order valence-electron chi connectivity index (χ1n) is 40.1. The molecule has 0 spiro atoms. The molecule has 4 heteroatoms. The van der Waals surface area contributed by atoms with E-state index < -0.39 is 0 Å². The van der Waals surface area contributed by atoms with Crippen molar-refractivity contribution < 1.29 is 0 Å². The highest BCUT2D eigenvalue weighted by Gasteiger charge is 2.47. The van der Waals surface area contributed by atoms with Crippen LogP contribution in [0.1, 0.15) is 157 Å². The Morgan fingerprint density at radius 3 is 1.20 bits per heavy atom. The second-order valence-electron chi connectivity index (χ2n) is 37.4. The van der Waals surface area contributed by atoms with Crippen LogP contribution >= 0.6 is 0 Å². The summed E-state index contributed by atoms with van der Waals surface area (Å²) in [7, 11) is 0. The summed E-state index contributed by atoms with van der Waals surface area (Å²) >= 11 is 0. The van der Waals surface area contributed by atoms with E-state index >= 15 is 0 Å². The van der Waals surface area contributed by atoms with E-state index in [1.165, 1.54) is 116 Å². The van der Waals surface area contributed by atoms with E-state index in [-0.39, 0.29) is 39.2 Å². The average Bonchev–Trinajstić information content (AvgIpc) is 0.992. The minimum atomic E-state index is -0.251. The van der Waals surface area contributed by atoms with Crippen LogP contribution in [0.25, 0.3) is 105 Å². The molecule has 0 unspecified atom stereocenters. The third-order valence-electron chi connectivity index (χ3n) is 24.5. The molecule has 18 rings (SSSR count). The first kappa shape index (κ1) is 71.2. The predicted octanol–water partition coefficient (Wildman–Crippen LogP) is 27.7. The van der Waals surface area contributed by atoms with Crippen LogP contribution in [0, 0.1) is 0 Å². The van der Waals surface area contributed by atoms with Gasteiger partial charge >= 0.3 is 0 Å². The van der Waals surface area contributed by atoms with Crippen molar-refractivity contribution in [3.8, 4) is 83.6 Å². The highest BCUT2D eigenvalue weighted by atomic mass is 15.2. The van der Waals surface area contributed by atoms with Crippen molar-refractivity contribution in [2.45, 2.75) is 150 Å². The van der Waals surface area contributed by atoms with Crippen LogP contribution in [0.4, 0.5) is 34.1 Å². The smallest absolute Gasteiger partial charge is 0.252 e. The van der Waals surface area contributed by atoms with Crippen molar-refractivity contribution in [2.75, 3.05) is 9.80 Å². The Kier molecular flexibility index (Phi) is 16.6. The zero-order valence-electron chi connectivity index (χ0n) is 67.7. The molecule has 3 aliphatic rings. The number of aromatic nitrogens is 1. The maximum absolute atomic E-state index is 2.76. The molecule has 0 radical (unpaired) electrons. The molecular formula is C107H100BN3. The number of benzene rings is 14. The zero-order valence-corrected chi connectivity index (χ0v) is 67.7. The van der Waals surface area contributed by atoms with Gasteiger partial charge in [0.25, 0.3) is 6.71 Å². The Bertz CT molecular complexity index is 6010. The number of nitrogens with zero attached hydrogens (tertiary/aromatic N) is 3. The van der Waals surface area contributed by atoms with Crippen LogP contribution < -0.4 is 26.2 Å². The number of rotatable bonds is 9. The minimum absolute atomic E-state index is 0.0656. The van der Waals surface area contributed by atoms with Gasteiger partial charge < -0.3 is 14.4 Å². The van der Waals surface area contributed by atoms with Gasteiger partial charge in [-0.3, -0.25) is 0 Å². The molecule has 0 amide bonds. The van der Waals surface area contributed by atoms with Gasteiger partial charge in [0.1, 0.15) is 0 Å². The molecule has 111 heavy (non-hydrogen) atoms. The van der Waals surface area contributed by atoms with E-state index in [1.807, 2.05) is 0 Å². The van der Waals surface area contributed by atoms with Gasteiger partial charge in [0.2, 0.25) is 0 Å². The van der Waals surface area contributed by atoms with Gasteiger partial charge in [-0.25, -0.2) is 0 Å². The quantitative estimate of drug-likeness (QED) is 0.133. The van der Waals surface area contributed by atoms with Crippen molar-refractivity contribution >= 4 is 79.0 Å². The SMILES string of the molecule is CC(C)(C)c1cc(-c2ccc3c(c2)N(c2cc(-c4ccccc4)cc(-c4ccccc4)c2)c2cc(-c4cccc5c4-c4ccccc4C5(C)C)cc4c2B3c2ccc(-n3c5ccc(C(C)(C)C)cc5c5cc(C(C)(C)C)ccc53)cc2N4c2c(-c3ccccc3)cc(C(C)(C)C)cc2-c2ccccc2)cc(C(C)(C)C)c1. The van der Waals surface area contributed by atoms with Gasteiger partial charge in [-0.05, 0) is 234 Å². The summed E-state index contributed by atoms with van der Waals surface area (Å²) in [5.74, 6) is 0. The maximum atomic E-state index is 2.76. The molecule has 14 aromatic carbocycles. The molecule has 3 nitrogen and oxygen atoms in total. The summed E-state index contributed by atoms with van der Waals surface area (Å²) in [6.45, 7) is 39.9. The van der Waals surface area contributed by atoms with Crippen molar-refractivity contribution in [3.63, 3.8) is 0 Å². The molecule has 1 aromatic heterocycles. The average molecular weight is 1440 g/mol. The van der Waals surface area contributed by atoms with Crippen molar-refractivity contribution in [1.82, 2.24) is 4.57 Å². The highest BCUT2D eigenvalue weighted by Crippen LogP contribution is 2.57. The van der Waals surface area contributed by atoms with E-state index in [1.54, 1.807) is 0 Å². The van der Waals surface area contributed by atoms with E-state index in [9.17, 15) is 0 Å². The summed E-state index contributed by atoms with van der Waals surface area (Å²) in [4.78, 5) is 5.46. The number of hydrogen-bond donors (Lipinski definition) is 0. The lowest BCUT2D eigenvalue weighted by Gasteiger charge is -2.46. The van der Waals surface area contributed by atoms with Crippen molar-refractivity contribution in [1.29, 1.82) is 0 Å². The van der Waals surface area contributed by atoms with Crippen LogP contribution in [0.3, 0.4) is 0 Å². The van der Waals surface area contributed by atoms with Gasteiger partial charge in [0, 0.05) is 61.4 Å². The molecule has 0 N–H and O–H groups in total. The molecule has 546 valence electrons. The topological polar surface area (TPSA) is 11.4 Å². The van der Waals surface area contributed by atoms with Crippen LogP contribution in [0.15, 0.2) is 297 Å². The summed E-state index contributed by atoms with van der Waals surface area (Å²) in [6.07, 6.45) is 0. The van der Waals surface area contributed by atoms with Crippen LogP contribution in [-0.4, -0.2) is 11.3 Å². The molecule has 0 bridgehead atoms. The first-order chi connectivity index (χ1) is 52.9. The predicted molar refractivity (Wildman–Crippen MR) is 478 cm³/mol. The first-order valence-corrected chi connectivity index (χ1v) is 40.1. The van der Waals surface area contributed by atoms with Crippen molar-refractivity contribution in [2.24, 2.45) is 0 Å². The van der Waals surface area contributed by atoms with Crippen LogP contribution in [-0.2, 0) is 32.5 Å². The molecule has 1 aliphatic carbocycles. The largest absolute Gasteiger partial charge is 0.311 e. The van der Waals surface area contributed by atoms with E-state index in [0.717, 1.165) is 78.8 Å². The molecular weight excluding hydrogens is 1340 g/mol. The van der Waals surface area contributed by atoms with Crippen LogP contribution in [0.2, 0.25) is 0 Å². The van der Waals surface area contributed by atoms with E-state index in [2.05, 4.69) is 429 Å². The van der Waals surface area contributed by atoms with Crippen molar-refractivity contribution in [3.05, 3.63) is 336 Å². The van der Waals surface area contributed by atoms with Gasteiger partial charge in [0.15, 0.2) is 0 Å². The Balaban J connectivity index is 1.04. The normalized spacial score (nSPS) is 13.8. The van der Waals surface area contributed by atoms with Gasteiger partial charge in [-0.1, -0.05) is 330 Å². The molecule has 3 heterocycles. The standard InChI is InChI=1S/C107H100BN3/c1-102(2,3)76-46-51-93-87(62-76)88-63-77(103(4,5)6)47-52-94(88)109(93)81-48-50-92-96(66-81)111(101-85(69-37-26-20-27-38-69)64-80(106(13,14)15)65-86(101)70-39-28-21-29-40-70)98-60-75(83-42-32-44-90-99(83)84-41-30-31-43-89(84)107(90,16)17)59-97-100(98)108(92)91-49-45-71(74-54-78(104(7,8)9)61-79(55-74)105(10,11)12)58-95(91)110(97)82-56-72(67-33-22-18-23-34-67)53-73(57-82)68-35-24-19-25-36-68/h18-66H,1-17H3. The number of hydrogen-bond acceptors (Lipinski definition) is 2. The lowest BCUT2D eigenvalue weighted by Crippen LogP contribution is -2.61. The second kappa shape index (κ2) is 25.8. The third kappa shape index (κ3) is 12.1. The molecule has 2 aliphatic heterocycles. The summed E-state index contributed by atoms with van der Waals surface area (Å²) in [6, 6.07) is 116. The Labute approximate surface area is 659 Å². The van der Waals surface area contributed by atoms with Gasteiger partial charge in [0.05, 0.1) is 16.7 Å². The third-order valence-corrected chi connectivity index (χ3v) is 24.5. The van der Waals surface area contributed by atoms with Crippen LogP contribution in [0.5, 0.6) is 0 Å². The fraction of sp³-hybridized carbons (Fsp3) is 0.215. The van der Waals surface area contributed by atoms with Gasteiger partial charge in [-0.2, -0.15) is 0 Å². The molecule has 0 fully saturated rings. The Morgan fingerprint density at radius 2 is 0.685 bits per heavy atom. The fourth-order valence-electron chi connectivity index (χ4n) is 18.2.